The Balaban J connectivity index is 1.95. The Labute approximate surface area is 148 Å². The molecule has 0 aliphatic rings. The van der Waals surface area contributed by atoms with E-state index in [1.54, 1.807) is 7.11 Å². The summed E-state index contributed by atoms with van der Waals surface area (Å²) in [6.45, 7) is 2.02. The summed E-state index contributed by atoms with van der Waals surface area (Å²) in [7, 11) is 1.65. The quantitative estimate of drug-likeness (QED) is 0.463. The van der Waals surface area contributed by atoms with Crippen molar-refractivity contribution in [2.24, 2.45) is 0 Å². The Bertz CT molecular complexity index is 891. The van der Waals surface area contributed by atoms with Gasteiger partial charge in [0.05, 0.1) is 7.11 Å². The number of ketones is 1. The van der Waals surface area contributed by atoms with Gasteiger partial charge in [0.2, 0.25) is 0 Å². The van der Waals surface area contributed by atoms with Crippen LogP contribution in [0.25, 0.3) is 12.2 Å². The molecule has 0 saturated carbocycles. The largest absolute Gasteiger partial charge is 0.497 e. The van der Waals surface area contributed by atoms with Crippen LogP contribution in [0.5, 0.6) is 5.75 Å². The summed E-state index contributed by atoms with van der Waals surface area (Å²) >= 11 is 0. The first-order valence-corrected chi connectivity index (χ1v) is 8.20. The Morgan fingerprint density at radius 1 is 0.840 bits per heavy atom. The van der Waals surface area contributed by atoms with Crippen molar-refractivity contribution < 1.29 is 9.53 Å². The average Bonchev–Trinajstić information content (AvgIpc) is 2.67. The molecule has 0 amide bonds. The number of rotatable bonds is 5. The summed E-state index contributed by atoms with van der Waals surface area (Å²) in [6.07, 6.45) is 4.02. The van der Waals surface area contributed by atoms with Crippen LogP contribution in [0.15, 0.2) is 72.8 Å². The van der Waals surface area contributed by atoms with Crippen LogP contribution in [0.4, 0.5) is 0 Å². The lowest BCUT2D eigenvalue weighted by atomic mass is 9.94. The first-order chi connectivity index (χ1) is 12.2. The molecule has 0 atom stereocenters. The van der Waals surface area contributed by atoms with Gasteiger partial charge >= 0.3 is 0 Å². The highest BCUT2D eigenvalue weighted by atomic mass is 16.5. The normalized spacial score (nSPS) is 10.8. The maximum atomic E-state index is 12.9. The Hall–Kier alpha value is -3.13. The van der Waals surface area contributed by atoms with Crippen LogP contribution in [0, 0.1) is 6.92 Å². The molecule has 3 aromatic rings. The minimum Gasteiger partial charge on any atom is -0.497 e. The van der Waals surface area contributed by atoms with Crippen molar-refractivity contribution in [2.45, 2.75) is 6.92 Å². The molecule has 0 unspecified atom stereocenters. The Morgan fingerprint density at radius 2 is 1.56 bits per heavy atom. The molecule has 0 radical (unpaired) electrons. The molecule has 0 aliphatic heterocycles. The second kappa shape index (κ2) is 7.63. The van der Waals surface area contributed by atoms with Gasteiger partial charge in [0.1, 0.15) is 5.75 Å². The third-order valence-electron chi connectivity index (χ3n) is 4.16. The molecule has 2 nitrogen and oxygen atoms in total. The number of ether oxygens (including phenoxy) is 1. The van der Waals surface area contributed by atoms with Gasteiger partial charge in [0, 0.05) is 11.1 Å². The lowest BCUT2D eigenvalue weighted by Gasteiger charge is -2.09. The van der Waals surface area contributed by atoms with E-state index in [4.69, 9.17) is 4.74 Å². The predicted octanol–water partition coefficient (Wildman–Crippen LogP) is 5.41. The van der Waals surface area contributed by atoms with E-state index in [2.05, 4.69) is 0 Å². The van der Waals surface area contributed by atoms with Gasteiger partial charge in [-0.05, 0) is 35.7 Å². The van der Waals surface area contributed by atoms with E-state index in [-0.39, 0.29) is 5.78 Å². The van der Waals surface area contributed by atoms with Crippen molar-refractivity contribution in [3.63, 3.8) is 0 Å². The van der Waals surface area contributed by atoms with E-state index in [1.807, 2.05) is 91.9 Å². The van der Waals surface area contributed by atoms with Crippen molar-refractivity contribution in [3.05, 3.63) is 101 Å². The molecule has 0 aromatic heterocycles. The molecule has 0 fully saturated rings. The van der Waals surface area contributed by atoms with E-state index in [0.29, 0.717) is 5.56 Å². The number of carbonyl (C=O) groups excluding carboxylic acids is 1. The molecule has 0 spiro atoms. The van der Waals surface area contributed by atoms with Crippen molar-refractivity contribution in [1.29, 1.82) is 0 Å². The van der Waals surface area contributed by atoms with E-state index < -0.39 is 0 Å². The SMILES string of the molecule is COc1ccc(/C=C/c2c(C)cccc2C(=O)c2ccccc2)cc1. The van der Waals surface area contributed by atoms with Crippen LogP contribution in [0.1, 0.15) is 32.6 Å². The fourth-order valence-electron chi connectivity index (χ4n) is 2.74. The summed E-state index contributed by atoms with van der Waals surface area (Å²) < 4.78 is 5.18. The van der Waals surface area contributed by atoms with Crippen LogP contribution in [-0.2, 0) is 0 Å². The maximum Gasteiger partial charge on any atom is 0.193 e. The summed E-state index contributed by atoms with van der Waals surface area (Å²) in [5.74, 6) is 0.867. The fraction of sp³-hybridized carbons (Fsp3) is 0.0870. The highest BCUT2D eigenvalue weighted by Gasteiger charge is 2.13. The monoisotopic (exact) mass is 328 g/mol. The van der Waals surface area contributed by atoms with Gasteiger partial charge in [0.15, 0.2) is 5.78 Å². The molecule has 25 heavy (non-hydrogen) atoms. The standard InChI is InChI=1S/C23H20O2/c1-17-7-6-10-22(23(24)19-8-4-3-5-9-19)21(17)16-13-18-11-14-20(25-2)15-12-18/h3-16H,1-2H3/b16-13+. The number of carbonyl (C=O) groups is 1. The van der Waals surface area contributed by atoms with Crippen molar-refractivity contribution in [3.8, 4) is 5.75 Å². The smallest absolute Gasteiger partial charge is 0.193 e. The number of methoxy groups -OCH3 is 1. The van der Waals surface area contributed by atoms with E-state index in [9.17, 15) is 4.79 Å². The zero-order valence-corrected chi connectivity index (χ0v) is 14.4. The van der Waals surface area contributed by atoms with Crippen molar-refractivity contribution >= 4 is 17.9 Å². The number of aryl methyl sites for hydroxylation is 1. The minimum atomic E-state index is 0.0404. The van der Waals surface area contributed by atoms with E-state index in [1.165, 1.54) is 0 Å². The lowest BCUT2D eigenvalue weighted by Crippen LogP contribution is -2.04. The van der Waals surface area contributed by atoms with E-state index >= 15 is 0 Å². The van der Waals surface area contributed by atoms with Crippen LogP contribution in [0.3, 0.4) is 0 Å². The van der Waals surface area contributed by atoms with Gasteiger partial charge in [-0.3, -0.25) is 4.79 Å². The topological polar surface area (TPSA) is 26.3 Å². The maximum absolute atomic E-state index is 12.9. The Morgan fingerprint density at radius 3 is 2.24 bits per heavy atom. The summed E-state index contributed by atoms with van der Waals surface area (Å²) in [6, 6.07) is 23.0. The second-order valence-corrected chi connectivity index (χ2v) is 5.84. The number of benzene rings is 3. The second-order valence-electron chi connectivity index (χ2n) is 5.84. The molecule has 3 rings (SSSR count). The first kappa shape index (κ1) is 16.7. The summed E-state index contributed by atoms with van der Waals surface area (Å²) in [5.41, 5.74) is 4.50. The van der Waals surface area contributed by atoms with Crippen LogP contribution in [0.2, 0.25) is 0 Å². The molecule has 124 valence electrons. The van der Waals surface area contributed by atoms with Gasteiger partial charge in [0.25, 0.3) is 0 Å². The zero-order chi connectivity index (χ0) is 17.6. The minimum absolute atomic E-state index is 0.0404. The fourth-order valence-corrected chi connectivity index (χ4v) is 2.74. The van der Waals surface area contributed by atoms with Gasteiger partial charge in [-0.1, -0.05) is 72.8 Å². The van der Waals surface area contributed by atoms with Gasteiger partial charge < -0.3 is 4.74 Å². The molecular formula is C23H20O2. The van der Waals surface area contributed by atoms with Gasteiger partial charge in [-0.2, -0.15) is 0 Å². The van der Waals surface area contributed by atoms with Crippen LogP contribution in [-0.4, -0.2) is 12.9 Å². The molecular weight excluding hydrogens is 308 g/mol. The highest BCUT2D eigenvalue weighted by Crippen LogP contribution is 2.21. The number of hydrogen-bond acceptors (Lipinski definition) is 2. The molecule has 3 aromatic carbocycles. The molecule has 0 heterocycles. The predicted molar refractivity (Wildman–Crippen MR) is 103 cm³/mol. The van der Waals surface area contributed by atoms with Crippen molar-refractivity contribution in [1.82, 2.24) is 0 Å². The van der Waals surface area contributed by atoms with E-state index in [0.717, 1.165) is 28.0 Å². The lowest BCUT2D eigenvalue weighted by molar-refractivity contribution is 0.103. The van der Waals surface area contributed by atoms with Gasteiger partial charge in [-0.15, -0.1) is 0 Å². The average molecular weight is 328 g/mol. The summed E-state index contributed by atoms with van der Waals surface area (Å²) in [5, 5.41) is 0. The zero-order valence-electron chi connectivity index (χ0n) is 14.4. The van der Waals surface area contributed by atoms with Crippen molar-refractivity contribution in [2.75, 3.05) is 7.11 Å². The molecule has 2 heteroatoms. The number of hydrogen-bond donors (Lipinski definition) is 0. The van der Waals surface area contributed by atoms with Gasteiger partial charge in [-0.25, -0.2) is 0 Å². The molecule has 0 bridgehead atoms. The molecule has 0 aliphatic carbocycles. The molecule has 0 saturated heterocycles. The molecule has 0 N–H and O–H groups in total. The summed E-state index contributed by atoms with van der Waals surface area (Å²) in [4.78, 5) is 12.9. The Kier molecular flexibility index (Phi) is 5.10. The van der Waals surface area contributed by atoms with Crippen LogP contribution >= 0.6 is 0 Å². The first-order valence-electron chi connectivity index (χ1n) is 8.20. The third kappa shape index (κ3) is 3.86. The highest BCUT2D eigenvalue weighted by molar-refractivity contribution is 6.11. The van der Waals surface area contributed by atoms with Crippen LogP contribution < -0.4 is 4.74 Å². The third-order valence-corrected chi connectivity index (χ3v) is 4.16.